The van der Waals surface area contributed by atoms with Crippen molar-refractivity contribution in [3.05, 3.63) is 116 Å². The number of halogens is 7. The first kappa shape index (κ1) is 70.6. The van der Waals surface area contributed by atoms with Gasteiger partial charge in [0.15, 0.2) is 11.4 Å². The average molecular weight is 1220 g/mol. The highest BCUT2D eigenvalue weighted by Gasteiger charge is 2.33. The normalized spacial score (nSPS) is 13.1. The van der Waals surface area contributed by atoms with Gasteiger partial charge in [0.25, 0.3) is 11.6 Å². The van der Waals surface area contributed by atoms with Crippen LogP contribution in [0.4, 0.5) is 30.2 Å². The van der Waals surface area contributed by atoms with Crippen LogP contribution in [-0.4, -0.2) is 126 Å². The van der Waals surface area contributed by atoms with Crippen molar-refractivity contribution in [3.8, 4) is 17.2 Å². The van der Waals surface area contributed by atoms with E-state index in [4.69, 9.17) is 75.4 Å². The Balaban J connectivity index is 0.000000543. The fraction of sp³-hybridized carbons (Fsp3) is 0.408. The highest BCUT2D eigenvalue weighted by Crippen LogP contribution is 2.38. The largest absolute Gasteiger partial charge is 0.778 e. The molecule has 78 heavy (non-hydrogen) atoms. The summed E-state index contributed by atoms with van der Waals surface area (Å²) in [5, 5.41) is 20.8. The number of fused-ring (bicyclic) bond motifs is 1. The van der Waals surface area contributed by atoms with E-state index in [0.717, 1.165) is 59.3 Å². The number of nitrogens with one attached hydrogen (secondary N) is 1. The smallest absolute Gasteiger partial charge is 0.416 e. The molecule has 432 valence electrons. The Morgan fingerprint density at radius 3 is 2.15 bits per heavy atom. The first-order valence-electron chi connectivity index (χ1n) is 22.9. The Morgan fingerprint density at radius 2 is 1.63 bits per heavy atom. The lowest BCUT2D eigenvalue weighted by Gasteiger charge is -2.35. The number of rotatable bonds is 18. The van der Waals surface area contributed by atoms with Gasteiger partial charge < -0.3 is 48.0 Å². The maximum Gasteiger partial charge on any atom is 0.416 e. The number of hydrogen-bond donors (Lipinski definition) is 3. The number of para-hydroxylation sites is 3. The number of amides is 2. The standard InChI is InChI=1S/C18H13ClF3NO7.C14H20ClNO2.C11H11Cl2NO2.C3H8NO5P.C3H9S/c1-2-28-16(24)9-29-17(25)12-8-11(4-5-14(12)23(26)27)30-15-6-3-10(7-13(15)19)18(20,21)22;1-4-12-8-6-7-11(3)14(12)16(10-18-5-2)13(17)9-15;1-7-6-16-9-5-3-2-4-8(9)14(7)11(15)10(12)13;5-3(6)1-4-2-10(7,8)9;1-4(2)3/h3-8H,2,9H2,1H3;6-8H,4-5,9-10H2,1-3H3;2-5,7,10H,6H2,1H3;4H,1-2H2,(H,5,6)(H2,7,8,9);1-3H3/q;;;;+1/p-1. The van der Waals surface area contributed by atoms with E-state index in [9.17, 15) is 56.7 Å². The van der Waals surface area contributed by atoms with Crippen molar-refractivity contribution >= 4 is 112 Å². The molecular formula is C49H60Cl4F3N4O16PS. The van der Waals surface area contributed by atoms with Gasteiger partial charge >= 0.3 is 24.1 Å². The van der Waals surface area contributed by atoms with E-state index < -0.39 is 77.7 Å². The third kappa shape index (κ3) is 25.6. The number of carboxylic acids is 1. The number of carboxylic acid groups (broad SMARTS) is 1. The average Bonchev–Trinajstić information content (AvgIpc) is 3.36. The van der Waals surface area contributed by atoms with Crippen LogP contribution in [0.15, 0.2) is 78.9 Å². The van der Waals surface area contributed by atoms with Gasteiger partial charge in [0.2, 0.25) is 5.91 Å². The molecule has 0 aromatic heterocycles. The molecule has 2 atom stereocenters. The number of anilines is 2. The Labute approximate surface area is 471 Å². The highest BCUT2D eigenvalue weighted by molar-refractivity contribution is 7.94. The van der Waals surface area contributed by atoms with Crippen molar-refractivity contribution in [1.29, 1.82) is 0 Å². The van der Waals surface area contributed by atoms with Gasteiger partial charge in [-0.1, -0.05) is 72.1 Å². The van der Waals surface area contributed by atoms with Gasteiger partial charge in [0.1, 0.15) is 49.6 Å². The number of esters is 2. The summed E-state index contributed by atoms with van der Waals surface area (Å²) < 4.78 is 73.6. The van der Waals surface area contributed by atoms with Crippen LogP contribution in [-0.2, 0) is 61.4 Å². The van der Waals surface area contributed by atoms with Crippen LogP contribution in [0, 0.1) is 17.0 Å². The van der Waals surface area contributed by atoms with Gasteiger partial charge in [-0.2, -0.15) is 13.2 Å². The molecule has 0 saturated carbocycles. The molecule has 2 amide bonds. The minimum absolute atomic E-state index is 0.0371. The second kappa shape index (κ2) is 35.3. The number of nitro benzene ring substituents is 1. The minimum Gasteiger partial charge on any atom is -0.778 e. The maximum atomic E-state index is 12.7. The molecule has 0 bridgehead atoms. The minimum atomic E-state index is -4.61. The summed E-state index contributed by atoms with van der Waals surface area (Å²) in [6.45, 7) is 9.48. The lowest BCUT2D eigenvalue weighted by molar-refractivity contribution is -0.385. The number of hydrogen-bond acceptors (Lipinski definition) is 15. The van der Waals surface area contributed by atoms with Crippen LogP contribution in [0.1, 0.15) is 54.7 Å². The number of nitro groups is 1. The first-order chi connectivity index (χ1) is 36.4. The van der Waals surface area contributed by atoms with Gasteiger partial charge in [-0.05, 0) is 92.5 Å². The molecule has 1 aliphatic rings. The lowest BCUT2D eigenvalue weighted by atomic mass is 10.0. The Hall–Kier alpha value is -5.40. The van der Waals surface area contributed by atoms with Gasteiger partial charge in [0.05, 0.1) is 71.1 Å². The van der Waals surface area contributed by atoms with E-state index in [-0.39, 0.29) is 53.6 Å². The molecule has 3 N–H and O–H groups in total. The summed E-state index contributed by atoms with van der Waals surface area (Å²) in [4.78, 5) is 87.5. The predicted molar refractivity (Wildman–Crippen MR) is 292 cm³/mol. The molecule has 0 fully saturated rings. The molecule has 4 aromatic carbocycles. The van der Waals surface area contributed by atoms with Crippen molar-refractivity contribution in [1.82, 2.24) is 5.32 Å². The van der Waals surface area contributed by atoms with Gasteiger partial charge in [-0.3, -0.25) is 34.7 Å². The molecule has 4 aromatic rings. The zero-order valence-electron chi connectivity index (χ0n) is 43.5. The molecule has 0 aliphatic carbocycles. The maximum absolute atomic E-state index is 12.7. The number of carbonyl (C=O) groups excluding carboxylic acids is 4. The monoisotopic (exact) mass is 1220 g/mol. The fourth-order valence-corrected chi connectivity index (χ4v) is 7.11. The second-order valence-electron chi connectivity index (χ2n) is 16.1. The van der Waals surface area contributed by atoms with Crippen LogP contribution in [0.25, 0.3) is 0 Å². The van der Waals surface area contributed by atoms with E-state index in [1.165, 1.54) is 6.92 Å². The number of nitrogens with zero attached hydrogens (tertiary/aromatic N) is 3. The number of aliphatic carboxylic acids is 1. The number of ether oxygens (including phenoxy) is 5. The molecule has 0 spiro atoms. The second-order valence-corrected chi connectivity index (χ2v) is 21.9. The molecule has 0 saturated heterocycles. The van der Waals surface area contributed by atoms with Crippen LogP contribution < -0.4 is 29.5 Å². The molecule has 5 rings (SSSR count). The topological polar surface area (TPSA) is 274 Å². The molecular weight excluding hydrogens is 1160 g/mol. The lowest BCUT2D eigenvalue weighted by Crippen LogP contribution is -2.47. The Kier molecular flexibility index (Phi) is 31.9. The zero-order chi connectivity index (χ0) is 59.5. The molecule has 29 heteroatoms. The van der Waals surface area contributed by atoms with E-state index in [1.807, 2.05) is 68.6 Å². The van der Waals surface area contributed by atoms with Crippen molar-refractivity contribution in [2.24, 2.45) is 0 Å². The predicted octanol–water partition coefficient (Wildman–Crippen LogP) is 9.16. The van der Waals surface area contributed by atoms with Crippen LogP contribution in [0.2, 0.25) is 5.02 Å². The number of carbonyl (C=O) groups is 5. The van der Waals surface area contributed by atoms with Gasteiger partial charge in [-0.15, -0.1) is 11.6 Å². The summed E-state index contributed by atoms with van der Waals surface area (Å²) >= 11 is 22.7. The highest BCUT2D eigenvalue weighted by atomic mass is 35.5. The van der Waals surface area contributed by atoms with Crippen LogP contribution in [0.5, 0.6) is 17.2 Å². The molecule has 20 nitrogen and oxygen atoms in total. The van der Waals surface area contributed by atoms with Crippen LogP contribution >= 0.6 is 54.0 Å². The van der Waals surface area contributed by atoms with Gasteiger partial charge in [-0.25, -0.2) is 9.59 Å². The van der Waals surface area contributed by atoms with Crippen molar-refractivity contribution in [3.63, 3.8) is 0 Å². The number of aryl methyl sites for hydroxylation is 2. The number of alkyl halides is 6. The van der Waals surface area contributed by atoms with Crippen molar-refractivity contribution in [2.75, 3.05) is 80.4 Å². The molecule has 0 radical (unpaired) electrons. The van der Waals surface area contributed by atoms with E-state index in [0.29, 0.717) is 35.9 Å². The third-order valence-corrected chi connectivity index (χ3v) is 10.9. The summed E-state index contributed by atoms with van der Waals surface area (Å²) in [6.07, 6.45) is 2.14. The van der Waals surface area contributed by atoms with E-state index >= 15 is 0 Å². The zero-order valence-corrected chi connectivity index (χ0v) is 48.2. The van der Waals surface area contributed by atoms with E-state index in [2.05, 4.69) is 30.4 Å². The summed E-state index contributed by atoms with van der Waals surface area (Å²) in [6, 6.07) is 18.7. The quantitative estimate of drug-likeness (QED) is 0.0159. The summed E-state index contributed by atoms with van der Waals surface area (Å²) in [5.74, 6) is -3.33. The summed E-state index contributed by atoms with van der Waals surface area (Å²) in [7, 11) is -3.71. The molecule has 1 heterocycles. The van der Waals surface area contributed by atoms with Gasteiger partial charge in [0, 0.05) is 18.7 Å². The number of benzene rings is 4. The fourth-order valence-electron chi connectivity index (χ4n) is 6.15. The van der Waals surface area contributed by atoms with E-state index in [1.54, 1.807) is 9.80 Å². The van der Waals surface area contributed by atoms with Crippen LogP contribution in [0.3, 0.4) is 0 Å². The Morgan fingerprint density at radius 1 is 0.987 bits per heavy atom. The SMILES string of the molecule is CC1COc2ccccc2N1C(=O)C(Cl)Cl.CCOC(=O)COC(=O)c1cc(Oc2ccc(C(F)(F)F)cc2Cl)ccc1[N+](=O)[O-].CCOCN(C(=O)CCl)c1c(C)cccc1CC.C[S+](C)C.O=C(O)CNCP(=O)([O-])O. The third-order valence-electron chi connectivity index (χ3n) is 9.37. The Bertz CT molecular complexity index is 2670. The first-order valence-corrected chi connectivity index (χ1v) is 28.9. The molecule has 1 aliphatic heterocycles. The van der Waals surface area contributed by atoms with Crippen molar-refractivity contribution in [2.45, 2.75) is 58.1 Å². The molecule has 2 unspecified atom stereocenters. The van der Waals surface area contributed by atoms with Crippen molar-refractivity contribution < 1.29 is 85.2 Å². The summed E-state index contributed by atoms with van der Waals surface area (Å²) in [5.41, 5.74) is 1.68.